The molecular formula is C18H21NO2S. The zero-order valence-corrected chi connectivity index (χ0v) is 14.2. The van der Waals surface area contributed by atoms with Crippen LogP contribution in [0.25, 0.3) is 12.7 Å². The molecule has 22 heavy (non-hydrogen) atoms. The Labute approximate surface area is 132 Å². The van der Waals surface area contributed by atoms with Crippen LogP contribution in [-0.2, 0) is 10.0 Å². The number of benzene rings is 1. The average Bonchev–Trinajstić information content (AvgIpc) is 2.76. The van der Waals surface area contributed by atoms with Crippen LogP contribution in [0.3, 0.4) is 0 Å². The van der Waals surface area contributed by atoms with Gasteiger partial charge < -0.3 is 0 Å². The zero-order valence-electron chi connectivity index (χ0n) is 13.4. The van der Waals surface area contributed by atoms with Crippen LogP contribution < -0.4 is 10.6 Å². The molecule has 0 fully saturated rings. The lowest BCUT2D eigenvalue weighted by Gasteiger charge is -2.13. The summed E-state index contributed by atoms with van der Waals surface area (Å²) in [5.41, 5.74) is 2.57. The van der Waals surface area contributed by atoms with Gasteiger partial charge in [0.1, 0.15) is 0 Å². The highest BCUT2D eigenvalue weighted by atomic mass is 32.2. The van der Waals surface area contributed by atoms with E-state index in [4.69, 9.17) is 0 Å². The van der Waals surface area contributed by atoms with Crippen molar-refractivity contribution in [1.82, 2.24) is 3.97 Å². The van der Waals surface area contributed by atoms with E-state index in [-0.39, 0.29) is 0 Å². The first-order valence-corrected chi connectivity index (χ1v) is 8.55. The molecule has 0 atom stereocenters. The molecule has 3 nitrogen and oxygen atoms in total. The van der Waals surface area contributed by atoms with E-state index >= 15 is 0 Å². The van der Waals surface area contributed by atoms with Gasteiger partial charge in [-0.3, -0.25) is 0 Å². The van der Waals surface area contributed by atoms with Crippen molar-refractivity contribution in [3.8, 4) is 0 Å². The number of hydrogen-bond acceptors (Lipinski definition) is 2. The van der Waals surface area contributed by atoms with Crippen LogP contribution in [0.4, 0.5) is 0 Å². The lowest BCUT2D eigenvalue weighted by molar-refractivity contribution is 0.585. The van der Waals surface area contributed by atoms with E-state index in [1.54, 1.807) is 18.3 Å². The van der Waals surface area contributed by atoms with Gasteiger partial charge in [0.25, 0.3) is 10.0 Å². The molecule has 0 saturated heterocycles. The minimum Gasteiger partial charge on any atom is -0.241 e. The Balaban J connectivity index is 2.82. The summed E-state index contributed by atoms with van der Waals surface area (Å²) in [7, 11) is -3.65. The van der Waals surface area contributed by atoms with Crippen molar-refractivity contribution >= 4 is 22.7 Å². The van der Waals surface area contributed by atoms with Gasteiger partial charge in [-0.2, -0.15) is 0 Å². The lowest BCUT2D eigenvalue weighted by Crippen LogP contribution is -2.32. The van der Waals surface area contributed by atoms with Crippen LogP contribution in [0.5, 0.6) is 0 Å². The predicted octanol–water partition coefficient (Wildman–Crippen LogP) is 2.42. The molecule has 1 aromatic heterocycles. The monoisotopic (exact) mass is 315 g/mol. The standard InChI is InChI=1S/C18H21NO2S/c1-6-7-8-17-14(3)9-10-19(17)22(20,21)18-15(4)11-13(2)12-16(18)5/h6-12H,3H2,1-2,4-5H3/b7-6-,17-8+. The van der Waals surface area contributed by atoms with Crippen molar-refractivity contribution < 1.29 is 8.42 Å². The first-order chi connectivity index (χ1) is 10.3. The third kappa shape index (κ3) is 2.79. The molecule has 0 N–H and O–H groups in total. The van der Waals surface area contributed by atoms with E-state index in [1.165, 1.54) is 3.97 Å². The van der Waals surface area contributed by atoms with E-state index in [1.807, 2.05) is 52.0 Å². The maximum absolute atomic E-state index is 13.1. The Morgan fingerprint density at radius 1 is 1.14 bits per heavy atom. The SMILES string of the molecule is C=c1ccn(S(=O)(=O)c2c(C)cc(C)cc2C)/c1=C/C=C\C. The highest BCUT2D eigenvalue weighted by Gasteiger charge is 2.22. The molecule has 0 saturated carbocycles. The summed E-state index contributed by atoms with van der Waals surface area (Å²) in [5.74, 6) is 0. The van der Waals surface area contributed by atoms with Gasteiger partial charge in [0, 0.05) is 6.20 Å². The summed E-state index contributed by atoms with van der Waals surface area (Å²) in [6.07, 6.45) is 6.99. The fourth-order valence-corrected chi connectivity index (χ4v) is 4.50. The maximum atomic E-state index is 13.1. The van der Waals surface area contributed by atoms with Gasteiger partial charge in [-0.1, -0.05) is 36.4 Å². The highest BCUT2D eigenvalue weighted by molar-refractivity contribution is 7.90. The number of rotatable bonds is 3. The molecule has 0 aliphatic rings. The second kappa shape index (κ2) is 5.97. The Hall–Kier alpha value is -2.07. The smallest absolute Gasteiger partial charge is 0.241 e. The summed E-state index contributed by atoms with van der Waals surface area (Å²) >= 11 is 0. The molecule has 0 aliphatic heterocycles. The molecular weight excluding hydrogens is 294 g/mol. The number of aryl methyl sites for hydroxylation is 3. The molecule has 2 aromatic rings. The van der Waals surface area contributed by atoms with Gasteiger partial charge >= 0.3 is 0 Å². The van der Waals surface area contributed by atoms with Gasteiger partial charge in [-0.15, -0.1) is 0 Å². The van der Waals surface area contributed by atoms with E-state index in [2.05, 4.69) is 6.58 Å². The van der Waals surface area contributed by atoms with Crippen LogP contribution in [0, 0.1) is 20.8 Å². The Morgan fingerprint density at radius 3 is 2.27 bits per heavy atom. The summed E-state index contributed by atoms with van der Waals surface area (Å²) in [5, 5.41) is 1.27. The van der Waals surface area contributed by atoms with Gasteiger partial charge in [0.2, 0.25) is 0 Å². The maximum Gasteiger partial charge on any atom is 0.268 e. The van der Waals surface area contributed by atoms with Crippen molar-refractivity contribution in [3.05, 3.63) is 63.8 Å². The van der Waals surface area contributed by atoms with Gasteiger partial charge in [0.05, 0.1) is 10.2 Å². The number of hydrogen-bond donors (Lipinski definition) is 0. The molecule has 1 heterocycles. The Kier molecular flexibility index (Phi) is 4.42. The van der Waals surface area contributed by atoms with Gasteiger partial charge in [-0.05, 0) is 56.2 Å². The van der Waals surface area contributed by atoms with Crippen molar-refractivity contribution in [2.75, 3.05) is 0 Å². The van der Waals surface area contributed by atoms with Crippen LogP contribution in [-0.4, -0.2) is 12.4 Å². The summed E-state index contributed by atoms with van der Waals surface area (Å²) in [6.45, 7) is 11.4. The fourth-order valence-electron chi connectivity index (χ4n) is 2.71. The summed E-state index contributed by atoms with van der Waals surface area (Å²) in [4.78, 5) is 0.365. The minimum absolute atomic E-state index is 0.365. The van der Waals surface area contributed by atoms with E-state index < -0.39 is 10.0 Å². The molecule has 0 aliphatic carbocycles. The van der Waals surface area contributed by atoms with Gasteiger partial charge in [0.15, 0.2) is 0 Å². The molecule has 0 spiro atoms. The fraction of sp³-hybridized carbons (Fsp3) is 0.222. The number of aromatic nitrogens is 1. The van der Waals surface area contributed by atoms with E-state index in [9.17, 15) is 8.42 Å². The third-order valence-electron chi connectivity index (χ3n) is 3.55. The predicted molar refractivity (Wildman–Crippen MR) is 91.7 cm³/mol. The molecule has 2 rings (SSSR count). The largest absolute Gasteiger partial charge is 0.268 e. The molecule has 0 bridgehead atoms. The molecule has 1 aromatic carbocycles. The first kappa shape index (κ1) is 16.3. The van der Waals surface area contributed by atoms with Crippen molar-refractivity contribution in [2.45, 2.75) is 32.6 Å². The molecule has 116 valence electrons. The summed E-state index contributed by atoms with van der Waals surface area (Å²) in [6, 6.07) is 5.50. The summed E-state index contributed by atoms with van der Waals surface area (Å²) < 4.78 is 27.5. The normalized spacial score (nSPS) is 13.2. The Bertz CT molecular complexity index is 924. The minimum atomic E-state index is -3.65. The van der Waals surface area contributed by atoms with Gasteiger partial charge in [-0.25, -0.2) is 12.4 Å². The third-order valence-corrected chi connectivity index (χ3v) is 5.54. The number of allylic oxidation sites excluding steroid dienone is 2. The molecule has 4 heteroatoms. The second-order valence-corrected chi connectivity index (χ2v) is 7.20. The Morgan fingerprint density at radius 2 is 1.73 bits per heavy atom. The molecule has 0 radical (unpaired) electrons. The van der Waals surface area contributed by atoms with E-state index in [0.29, 0.717) is 15.5 Å². The topological polar surface area (TPSA) is 39.1 Å². The van der Waals surface area contributed by atoms with Crippen molar-refractivity contribution in [1.29, 1.82) is 0 Å². The van der Waals surface area contributed by atoms with Crippen LogP contribution in [0.15, 0.2) is 41.4 Å². The van der Waals surface area contributed by atoms with Crippen LogP contribution >= 0.6 is 0 Å². The molecule has 0 unspecified atom stereocenters. The first-order valence-electron chi connectivity index (χ1n) is 7.11. The van der Waals surface area contributed by atoms with E-state index in [0.717, 1.165) is 16.7 Å². The van der Waals surface area contributed by atoms with Crippen LogP contribution in [0.2, 0.25) is 0 Å². The average molecular weight is 315 g/mol. The van der Waals surface area contributed by atoms with Crippen LogP contribution in [0.1, 0.15) is 23.6 Å². The second-order valence-electron chi connectivity index (χ2n) is 5.45. The zero-order chi connectivity index (χ0) is 16.5. The quantitative estimate of drug-likeness (QED) is 0.872. The number of nitrogens with zero attached hydrogens (tertiary/aromatic N) is 1. The highest BCUT2D eigenvalue weighted by Crippen LogP contribution is 2.23. The molecule has 0 amide bonds. The van der Waals surface area contributed by atoms with Crippen molar-refractivity contribution in [2.24, 2.45) is 0 Å². The van der Waals surface area contributed by atoms with Crippen molar-refractivity contribution in [3.63, 3.8) is 0 Å². The lowest BCUT2D eigenvalue weighted by atomic mass is 10.1.